The molecule has 0 N–H and O–H groups in total. The van der Waals surface area contributed by atoms with E-state index in [4.69, 9.17) is 0 Å². The SMILES string of the molecule is Cc1c(C)c(C(C)C)c(C(C)C)c(C)c1C(C)C. The van der Waals surface area contributed by atoms with Gasteiger partial charge in [0.25, 0.3) is 0 Å². The Morgan fingerprint density at radius 3 is 1.06 bits per heavy atom. The molecule has 0 unspecified atom stereocenters. The van der Waals surface area contributed by atoms with Crippen molar-refractivity contribution < 1.29 is 0 Å². The van der Waals surface area contributed by atoms with Crippen LogP contribution in [0.5, 0.6) is 0 Å². The minimum Gasteiger partial charge on any atom is -0.0587 e. The highest BCUT2D eigenvalue weighted by Crippen LogP contribution is 2.38. The van der Waals surface area contributed by atoms with Gasteiger partial charge in [-0.3, -0.25) is 0 Å². The van der Waals surface area contributed by atoms with Crippen LogP contribution in [0.3, 0.4) is 0 Å². The topological polar surface area (TPSA) is 0 Å². The van der Waals surface area contributed by atoms with E-state index in [0.29, 0.717) is 17.8 Å². The lowest BCUT2D eigenvalue weighted by atomic mass is 9.77. The lowest BCUT2D eigenvalue weighted by Gasteiger charge is -2.28. The van der Waals surface area contributed by atoms with E-state index in [-0.39, 0.29) is 0 Å². The lowest BCUT2D eigenvalue weighted by Crippen LogP contribution is -2.11. The van der Waals surface area contributed by atoms with Crippen molar-refractivity contribution in [3.8, 4) is 0 Å². The first-order valence-corrected chi connectivity index (χ1v) is 7.33. The number of rotatable bonds is 3. The largest absolute Gasteiger partial charge is 0.0587 e. The van der Waals surface area contributed by atoms with Gasteiger partial charge in [0.2, 0.25) is 0 Å². The third kappa shape index (κ3) is 2.48. The maximum absolute atomic E-state index is 2.33. The Labute approximate surface area is 114 Å². The summed E-state index contributed by atoms with van der Waals surface area (Å²) in [7, 11) is 0. The molecule has 0 saturated heterocycles. The van der Waals surface area contributed by atoms with Crippen LogP contribution >= 0.6 is 0 Å². The average molecular weight is 246 g/mol. The summed E-state index contributed by atoms with van der Waals surface area (Å²) in [5.41, 5.74) is 9.31. The van der Waals surface area contributed by atoms with Crippen LogP contribution in [0.2, 0.25) is 0 Å². The highest BCUT2D eigenvalue weighted by molar-refractivity contribution is 5.53. The molecule has 0 nitrogen and oxygen atoms in total. The van der Waals surface area contributed by atoms with Crippen LogP contribution in [0.1, 0.15) is 92.7 Å². The predicted octanol–water partition coefficient (Wildman–Crippen LogP) is 5.98. The van der Waals surface area contributed by atoms with Crippen molar-refractivity contribution in [1.82, 2.24) is 0 Å². The molecule has 102 valence electrons. The predicted molar refractivity (Wildman–Crippen MR) is 82.9 cm³/mol. The number of hydrogen-bond donors (Lipinski definition) is 0. The number of benzene rings is 1. The zero-order chi connectivity index (χ0) is 14.2. The second kappa shape index (κ2) is 5.47. The molecule has 0 amide bonds. The highest BCUT2D eigenvalue weighted by Gasteiger charge is 2.21. The molecule has 0 aliphatic rings. The van der Waals surface area contributed by atoms with Gasteiger partial charge in [-0.1, -0.05) is 41.5 Å². The molecular weight excluding hydrogens is 216 g/mol. The minimum atomic E-state index is 0.610. The molecule has 0 spiro atoms. The number of hydrogen-bond acceptors (Lipinski definition) is 0. The van der Waals surface area contributed by atoms with Crippen molar-refractivity contribution >= 4 is 0 Å². The van der Waals surface area contributed by atoms with Crippen molar-refractivity contribution in [3.63, 3.8) is 0 Å². The fourth-order valence-electron chi connectivity index (χ4n) is 3.59. The molecule has 18 heavy (non-hydrogen) atoms. The van der Waals surface area contributed by atoms with Gasteiger partial charge in [-0.15, -0.1) is 0 Å². The molecule has 0 saturated carbocycles. The molecule has 1 aromatic carbocycles. The van der Waals surface area contributed by atoms with Gasteiger partial charge in [-0.2, -0.15) is 0 Å². The summed E-state index contributed by atoms with van der Waals surface area (Å²) >= 11 is 0. The summed E-state index contributed by atoms with van der Waals surface area (Å²) in [6.45, 7) is 20.9. The van der Waals surface area contributed by atoms with Crippen molar-refractivity contribution in [1.29, 1.82) is 0 Å². The molecular formula is C18H30. The quantitative estimate of drug-likeness (QED) is 0.615. The standard InChI is InChI=1S/C18H30/c1-10(2)16-13(7)14(8)17(11(3)4)18(12(5)6)15(16)9/h10-12H,1-9H3. The van der Waals surface area contributed by atoms with Crippen LogP contribution in [0, 0.1) is 20.8 Å². The van der Waals surface area contributed by atoms with E-state index < -0.39 is 0 Å². The Bertz CT molecular complexity index is 434. The second-order valence-electron chi connectivity index (χ2n) is 6.58. The fourth-order valence-corrected chi connectivity index (χ4v) is 3.59. The fraction of sp³-hybridized carbons (Fsp3) is 0.667. The van der Waals surface area contributed by atoms with Crippen molar-refractivity contribution in [2.45, 2.75) is 80.1 Å². The summed E-state index contributed by atoms with van der Waals surface area (Å²) in [5.74, 6) is 1.84. The van der Waals surface area contributed by atoms with Crippen molar-refractivity contribution in [2.75, 3.05) is 0 Å². The molecule has 0 heteroatoms. The van der Waals surface area contributed by atoms with Gasteiger partial charge in [0, 0.05) is 0 Å². The third-order valence-corrected chi connectivity index (χ3v) is 4.20. The van der Waals surface area contributed by atoms with Crippen LogP contribution in [0.15, 0.2) is 0 Å². The molecule has 0 heterocycles. The van der Waals surface area contributed by atoms with Gasteiger partial charge in [0.1, 0.15) is 0 Å². The van der Waals surface area contributed by atoms with Crippen molar-refractivity contribution in [2.24, 2.45) is 0 Å². The molecule has 1 aromatic rings. The Hall–Kier alpha value is -0.780. The molecule has 1 rings (SSSR count). The molecule has 0 radical (unpaired) electrons. The van der Waals surface area contributed by atoms with Crippen LogP contribution < -0.4 is 0 Å². The summed E-state index contributed by atoms with van der Waals surface area (Å²) in [6.07, 6.45) is 0. The van der Waals surface area contributed by atoms with Gasteiger partial charge in [0.15, 0.2) is 0 Å². The first-order chi connectivity index (χ1) is 8.20. The van der Waals surface area contributed by atoms with Crippen LogP contribution in [0.4, 0.5) is 0 Å². The second-order valence-corrected chi connectivity index (χ2v) is 6.58. The third-order valence-electron chi connectivity index (χ3n) is 4.20. The van der Waals surface area contributed by atoms with Gasteiger partial charge < -0.3 is 0 Å². The maximum atomic E-state index is 2.33. The molecule has 0 aliphatic heterocycles. The average Bonchev–Trinajstić information content (AvgIpc) is 2.21. The van der Waals surface area contributed by atoms with E-state index in [0.717, 1.165) is 0 Å². The smallest absolute Gasteiger partial charge is 0.0213 e. The van der Waals surface area contributed by atoms with Gasteiger partial charge in [0.05, 0.1) is 0 Å². The lowest BCUT2D eigenvalue weighted by molar-refractivity contribution is 0.753. The molecule has 0 aliphatic carbocycles. The van der Waals surface area contributed by atoms with Gasteiger partial charge >= 0.3 is 0 Å². The summed E-state index contributed by atoms with van der Waals surface area (Å²) in [6, 6.07) is 0. The van der Waals surface area contributed by atoms with E-state index in [2.05, 4.69) is 62.3 Å². The van der Waals surface area contributed by atoms with E-state index in [1.165, 1.54) is 16.7 Å². The Balaban J connectivity index is 3.76. The normalized spacial score (nSPS) is 12.0. The zero-order valence-corrected chi connectivity index (χ0v) is 13.7. The highest BCUT2D eigenvalue weighted by atomic mass is 14.3. The summed E-state index contributed by atoms with van der Waals surface area (Å²) in [4.78, 5) is 0. The van der Waals surface area contributed by atoms with Crippen LogP contribution in [-0.4, -0.2) is 0 Å². The summed E-state index contributed by atoms with van der Waals surface area (Å²) < 4.78 is 0. The molecule has 0 aromatic heterocycles. The monoisotopic (exact) mass is 246 g/mol. The van der Waals surface area contributed by atoms with Gasteiger partial charge in [-0.25, -0.2) is 0 Å². The Morgan fingerprint density at radius 2 is 0.722 bits per heavy atom. The van der Waals surface area contributed by atoms with Crippen molar-refractivity contribution in [3.05, 3.63) is 33.4 Å². The van der Waals surface area contributed by atoms with Crippen LogP contribution in [-0.2, 0) is 0 Å². The van der Waals surface area contributed by atoms with E-state index in [9.17, 15) is 0 Å². The van der Waals surface area contributed by atoms with Crippen LogP contribution in [0.25, 0.3) is 0 Å². The zero-order valence-electron chi connectivity index (χ0n) is 13.7. The van der Waals surface area contributed by atoms with E-state index in [1.54, 1.807) is 16.7 Å². The van der Waals surface area contributed by atoms with E-state index in [1.807, 2.05) is 0 Å². The Morgan fingerprint density at radius 1 is 0.444 bits per heavy atom. The first kappa shape index (κ1) is 15.3. The molecule has 0 bridgehead atoms. The summed E-state index contributed by atoms with van der Waals surface area (Å²) in [5, 5.41) is 0. The Kier molecular flexibility index (Phi) is 4.64. The first-order valence-electron chi connectivity index (χ1n) is 7.33. The minimum absolute atomic E-state index is 0.610. The molecule has 0 atom stereocenters. The van der Waals surface area contributed by atoms with E-state index >= 15 is 0 Å². The molecule has 0 fully saturated rings. The maximum Gasteiger partial charge on any atom is -0.0213 e. The van der Waals surface area contributed by atoms with Gasteiger partial charge in [-0.05, 0) is 71.9 Å².